The number of halogens is 2. The highest BCUT2D eigenvalue weighted by molar-refractivity contribution is 9.10. The van der Waals surface area contributed by atoms with Gasteiger partial charge >= 0.3 is 0 Å². The van der Waals surface area contributed by atoms with Gasteiger partial charge in [-0.3, -0.25) is 0 Å². The zero-order chi connectivity index (χ0) is 13.9. The third-order valence-electron chi connectivity index (χ3n) is 4.20. The van der Waals surface area contributed by atoms with E-state index in [2.05, 4.69) is 46.1 Å². The van der Waals surface area contributed by atoms with E-state index in [0.29, 0.717) is 0 Å². The molecule has 1 N–H and O–H groups in total. The molecule has 2 rings (SSSR count). The van der Waals surface area contributed by atoms with Gasteiger partial charge in [-0.2, -0.15) is 0 Å². The number of anilines is 1. The third-order valence-corrected chi connectivity index (χ3v) is 5.07. The molecule has 1 saturated heterocycles. The van der Waals surface area contributed by atoms with Crippen molar-refractivity contribution in [1.82, 2.24) is 5.32 Å². The Kier molecular flexibility index (Phi) is 5.15. The first-order valence-corrected chi connectivity index (χ1v) is 8.22. The summed E-state index contributed by atoms with van der Waals surface area (Å²) in [5, 5.41) is 4.52. The molecule has 0 saturated carbocycles. The summed E-state index contributed by atoms with van der Waals surface area (Å²) in [4.78, 5) is 2.48. The van der Waals surface area contributed by atoms with Gasteiger partial charge in [0.2, 0.25) is 0 Å². The minimum atomic E-state index is 0.232. The molecule has 0 atom stereocenters. The topological polar surface area (TPSA) is 15.3 Å². The Bertz CT molecular complexity index is 432. The van der Waals surface area contributed by atoms with E-state index < -0.39 is 0 Å². The molecule has 1 aliphatic rings. The first-order chi connectivity index (χ1) is 9.10. The fourth-order valence-corrected chi connectivity index (χ4v) is 3.72. The lowest BCUT2D eigenvalue weighted by molar-refractivity contribution is 0.321. The van der Waals surface area contributed by atoms with Crippen molar-refractivity contribution in [3.8, 4) is 0 Å². The second-order valence-electron chi connectivity index (χ2n) is 5.29. The minimum Gasteiger partial charge on any atom is -0.369 e. The quantitative estimate of drug-likeness (QED) is 0.870. The van der Waals surface area contributed by atoms with Crippen molar-refractivity contribution >= 4 is 33.2 Å². The molecular formula is C15H22BrClN2. The van der Waals surface area contributed by atoms with Crippen molar-refractivity contribution in [3.05, 3.63) is 27.7 Å². The normalized spacial score (nSPS) is 19.3. The summed E-state index contributed by atoms with van der Waals surface area (Å²) in [6.07, 6.45) is 3.49. The maximum atomic E-state index is 6.04. The van der Waals surface area contributed by atoms with Gasteiger partial charge in [0.1, 0.15) is 0 Å². The highest BCUT2D eigenvalue weighted by atomic mass is 79.9. The van der Waals surface area contributed by atoms with Gasteiger partial charge < -0.3 is 10.2 Å². The van der Waals surface area contributed by atoms with Crippen LogP contribution in [0.3, 0.4) is 0 Å². The largest absolute Gasteiger partial charge is 0.369 e. The van der Waals surface area contributed by atoms with Crippen LogP contribution in [0.15, 0.2) is 22.7 Å². The third kappa shape index (κ3) is 3.45. The van der Waals surface area contributed by atoms with Gasteiger partial charge in [-0.1, -0.05) is 25.4 Å². The molecule has 1 fully saturated rings. The van der Waals surface area contributed by atoms with E-state index in [1.165, 1.54) is 12.1 Å². The summed E-state index contributed by atoms with van der Waals surface area (Å²) >= 11 is 9.68. The van der Waals surface area contributed by atoms with Crippen molar-refractivity contribution in [2.75, 3.05) is 24.5 Å². The van der Waals surface area contributed by atoms with E-state index >= 15 is 0 Å². The van der Waals surface area contributed by atoms with Gasteiger partial charge in [-0.25, -0.2) is 0 Å². The first-order valence-electron chi connectivity index (χ1n) is 7.05. The van der Waals surface area contributed by atoms with E-state index in [1.807, 2.05) is 12.1 Å². The van der Waals surface area contributed by atoms with Gasteiger partial charge in [0.05, 0.1) is 5.69 Å². The average Bonchev–Trinajstić information content (AvgIpc) is 2.62. The molecule has 0 aromatic heterocycles. The summed E-state index contributed by atoms with van der Waals surface area (Å²) in [6.45, 7) is 7.80. The summed E-state index contributed by atoms with van der Waals surface area (Å²) in [5.41, 5.74) is 1.48. The van der Waals surface area contributed by atoms with Gasteiger partial charge in [-0.15, -0.1) is 0 Å². The van der Waals surface area contributed by atoms with Crippen molar-refractivity contribution < 1.29 is 0 Å². The summed E-state index contributed by atoms with van der Waals surface area (Å²) in [7, 11) is 0. The first kappa shape index (κ1) is 15.1. The van der Waals surface area contributed by atoms with E-state index in [-0.39, 0.29) is 5.54 Å². The molecule has 0 aliphatic carbocycles. The van der Waals surface area contributed by atoms with Crippen LogP contribution >= 0.6 is 27.5 Å². The minimum absolute atomic E-state index is 0.232. The van der Waals surface area contributed by atoms with Crippen LogP contribution in [0, 0.1) is 0 Å². The average molecular weight is 346 g/mol. The molecule has 0 bridgehead atoms. The molecular weight excluding hydrogens is 324 g/mol. The van der Waals surface area contributed by atoms with Crippen molar-refractivity contribution in [1.29, 1.82) is 0 Å². The summed E-state index contributed by atoms with van der Waals surface area (Å²) in [6, 6.07) is 6.07. The molecule has 1 heterocycles. The van der Waals surface area contributed by atoms with Crippen molar-refractivity contribution in [2.45, 2.75) is 38.6 Å². The smallest absolute Gasteiger partial charge is 0.0512 e. The highest BCUT2D eigenvalue weighted by Gasteiger charge is 2.30. The van der Waals surface area contributed by atoms with Crippen LogP contribution in [0.2, 0.25) is 5.02 Å². The van der Waals surface area contributed by atoms with Crippen LogP contribution in [0.25, 0.3) is 0 Å². The van der Waals surface area contributed by atoms with E-state index in [4.69, 9.17) is 11.6 Å². The lowest BCUT2D eigenvalue weighted by Gasteiger charge is -2.36. The molecule has 0 spiro atoms. The molecule has 1 aromatic rings. The molecule has 1 aromatic carbocycles. The zero-order valence-electron chi connectivity index (χ0n) is 11.7. The van der Waals surface area contributed by atoms with Crippen LogP contribution < -0.4 is 10.2 Å². The van der Waals surface area contributed by atoms with Crippen LogP contribution in [0.5, 0.6) is 0 Å². The fraction of sp³-hybridized carbons (Fsp3) is 0.600. The van der Waals surface area contributed by atoms with Gasteiger partial charge in [-0.05, 0) is 59.9 Å². The molecule has 1 aliphatic heterocycles. The van der Waals surface area contributed by atoms with Crippen molar-refractivity contribution in [2.24, 2.45) is 0 Å². The van der Waals surface area contributed by atoms with Crippen LogP contribution in [0.1, 0.15) is 33.1 Å². The predicted octanol–water partition coefficient (Wildman–Crippen LogP) is 4.46. The standard InChI is InChI=1S/C15H22BrClN2/c1-3-15(4-2)11-19(9-5-8-18-15)14-7-6-12(17)10-13(14)16/h6-7,10,18H,3-5,8-9,11H2,1-2H3. The van der Waals surface area contributed by atoms with E-state index in [1.54, 1.807) is 0 Å². The van der Waals surface area contributed by atoms with E-state index in [0.717, 1.165) is 42.0 Å². The van der Waals surface area contributed by atoms with Gasteiger partial charge in [0, 0.05) is 28.1 Å². The Morgan fingerprint density at radius 3 is 2.74 bits per heavy atom. The molecule has 4 heteroatoms. The SMILES string of the molecule is CCC1(CC)CN(c2ccc(Cl)cc2Br)CCCN1. The van der Waals surface area contributed by atoms with Crippen LogP contribution in [-0.4, -0.2) is 25.2 Å². The summed E-state index contributed by atoms with van der Waals surface area (Å²) in [5.74, 6) is 0. The van der Waals surface area contributed by atoms with Crippen LogP contribution in [0.4, 0.5) is 5.69 Å². The highest BCUT2D eigenvalue weighted by Crippen LogP contribution is 2.32. The van der Waals surface area contributed by atoms with Crippen molar-refractivity contribution in [3.63, 3.8) is 0 Å². The Balaban J connectivity index is 2.27. The molecule has 0 amide bonds. The molecule has 0 unspecified atom stereocenters. The monoisotopic (exact) mass is 344 g/mol. The Morgan fingerprint density at radius 1 is 1.37 bits per heavy atom. The van der Waals surface area contributed by atoms with E-state index in [9.17, 15) is 0 Å². The number of hydrogen-bond acceptors (Lipinski definition) is 2. The Hall–Kier alpha value is -0.250. The number of nitrogens with zero attached hydrogens (tertiary/aromatic N) is 1. The lowest BCUT2D eigenvalue weighted by Crippen LogP contribution is -2.50. The number of nitrogens with one attached hydrogen (secondary N) is 1. The van der Waals surface area contributed by atoms with Gasteiger partial charge in [0.25, 0.3) is 0 Å². The maximum Gasteiger partial charge on any atom is 0.0512 e. The molecule has 2 nitrogen and oxygen atoms in total. The number of rotatable bonds is 3. The van der Waals surface area contributed by atoms with Gasteiger partial charge in [0.15, 0.2) is 0 Å². The second kappa shape index (κ2) is 6.47. The lowest BCUT2D eigenvalue weighted by atomic mass is 9.92. The molecule has 0 radical (unpaired) electrons. The maximum absolute atomic E-state index is 6.04. The Labute approximate surface area is 129 Å². The summed E-state index contributed by atoms with van der Waals surface area (Å²) < 4.78 is 1.09. The number of benzene rings is 1. The fourth-order valence-electron chi connectivity index (χ4n) is 2.79. The molecule has 106 valence electrons. The second-order valence-corrected chi connectivity index (χ2v) is 6.58. The molecule has 19 heavy (non-hydrogen) atoms. The van der Waals surface area contributed by atoms with Crippen LogP contribution in [-0.2, 0) is 0 Å². The predicted molar refractivity (Wildman–Crippen MR) is 87.3 cm³/mol. The Morgan fingerprint density at radius 2 is 2.11 bits per heavy atom. The number of hydrogen-bond donors (Lipinski definition) is 1. The zero-order valence-corrected chi connectivity index (χ0v) is 14.0.